The summed E-state index contributed by atoms with van der Waals surface area (Å²) < 4.78 is 0. The van der Waals surface area contributed by atoms with Gasteiger partial charge in [0.25, 0.3) is 0 Å². The summed E-state index contributed by atoms with van der Waals surface area (Å²) in [5, 5.41) is 9.80. The molecule has 0 unspecified atom stereocenters. The first-order valence-corrected chi connectivity index (χ1v) is 8.77. The number of anilines is 3. The zero-order valence-electron chi connectivity index (χ0n) is 15.2. The van der Waals surface area contributed by atoms with Crippen molar-refractivity contribution in [2.45, 2.75) is 13.3 Å². The van der Waals surface area contributed by atoms with Crippen LogP contribution in [0.2, 0.25) is 0 Å². The Morgan fingerprint density at radius 1 is 0.962 bits per heavy atom. The van der Waals surface area contributed by atoms with Gasteiger partial charge in [-0.15, -0.1) is 0 Å². The third-order valence-electron chi connectivity index (χ3n) is 3.91. The molecule has 6 heteroatoms. The highest BCUT2D eigenvalue weighted by molar-refractivity contribution is 5.73. The van der Waals surface area contributed by atoms with Gasteiger partial charge >= 0.3 is 0 Å². The lowest BCUT2D eigenvalue weighted by Crippen LogP contribution is -2.13. The van der Waals surface area contributed by atoms with E-state index >= 15 is 0 Å². The number of pyridine rings is 1. The van der Waals surface area contributed by atoms with Crippen molar-refractivity contribution in [2.75, 3.05) is 30.8 Å². The molecule has 2 aromatic heterocycles. The van der Waals surface area contributed by atoms with Crippen molar-refractivity contribution in [2.24, 2.45) is 0 Å². The Labute approximate surface area is 154 Å². The lowest BCUT2D eigenvalue weighted by atomic mass is 10.2. The summed E-state index contributed by atoms with van der Waals surface area (Å²) in [5.74, 6) is 1.40. The van der Waals surface area contributed by atoms with Gasteiger partial charge < -0.3 is 16.0 Å². The molecule has 1 aromatic carbocycles. The molecular weight excluding hydrogens is 324 g/mol. The second-order valence-electron chi connectivity index (χ2n) is 6.04. The molecule has 3 aromatic rings. The SMILES string of the molecule is CNCCCNc1ncccc1-c1ccnc(Nc2cccc(C)c2)n1. The highest BCUT2D eigenvalue weighted by Gasteiger charge is 2.08. The van der Waals surface area contributed by atoms with Gasteiger partial charge in [0.2, 0.25) is 5.95 Å². The van der Waals surface area contributed by atoms with Gasteiger partial charge in [-0.1, -0.05) is 12.1 Å². The van der Waals surface area contributed by atoms with Gasteiger partial charge in [-0.25, -0.2) is 15.0 Å². The van der Waals surface area contributed by atoms with E-state index in [4.69, 9.17) is 0 Å². The first-order chi connectivity index (χ1) is 12.8. The number of aromatic nitrogens is 3. The first kappa shape index (κ1) is 17.8. The maximum Gasteiger partial charge on any atom is 0.227 e. The molecule has 0 aliphatic rings. The molecule has 3 rings (SSSR count). The molecule has 2 heterocycles. The minimum atomic E-state index is 0.568. The fraction of sp³-hybridized carbons (Fsp3) is 0.250. The molecule has 0 atom stereocenters. The summed E-state index contributed by atoms with van der Waals surface area (Å²) >= 11 is 0. The maximum absolute atomic E-state index is 4.66. The molecular formula is C20H24N6. The molecule has 0 bridgehead atoms. The highest BCUT2D eigenvalue weighted by Crippen LogP contribution is 2.25. The number of hydrogen-bond acceptors (Lipinski definition) is 6. The van der Waals surface area contributed by atoms with Gasteiger partial charge in [-0.3, -0.25) is 0 Å². The summed E-state index contributed by atoms with van der Waals surface area (Å²) in [6.07, 6.45) is 4.58. The highest BCUT2D eigenvalue weighted by atomic mass is 15.1. The van der Waals surface area contributed by atoms with E-state index in [0.29, 0.717) is 5.95 Å². The minimum absolute atomic E-state index is 0.568. The maximum atomic E-state index is 4.66. The van der Waals surface area contributed by atoms with Crippen LogP contribution in [-0.2, 0) is 0 Å². The standard InChI is InChI=1S/C20H24N6/c1-15-6-3-7-16(14-15)25-20-24-13-9-18(26-20)17-8-4-11-22-19(17)23-12-5-10-21-2/h3-4,6-9,11,13-14,21H,5,10,12H2,1-2H3,(H,22,23)(H,24,25,26). The number of hydrogen-bond donors (Lipinski definition) is 3. The van der Waals surface area contributed by atoms with Crippen molar-refractivity contribution in [1.29, 1.82) is 0 Å². The molecule has 0 amide bonds. The number of rotatable bonds is 8. The third-order valence-corrected chi connectivity index (χ3v) is 3.91. The fourth-order valence-corrected chi connectivity index (χ4v) is 2.65. The minimum Gasteiger partial charge on any atom is -0.369 e. The van der Waals surface area contributed by atoms with Crippen molar-refractivity contribution in [1.82, 2.24) is 20.3 Å². The molecule has 0 aliphatic carbocycles. The largest absolute Gasteiger partial charge is 0.369 e. The topological polar surface area (TPSA) is 74.8 Å². The monoisotopic (exact) mass is 348 g/mol. The molecule has 0 radical (unpaired) electrons. The summed E-state index contributed by atoms with van der Waals surface area (Å²) in [4.78, 5) is 13.5. The molecule has 0 saturated carbocycles. The normalized spacial score (nSPS) is 10.5. The summed E-state index contributed by atoms with van der Waals surface area (Å²) in [7, 11) is 1.95. The zero-order chi connectivity index (χ0) is 18.2. The van der Waals surface area contributed by atoms with Gasteiger partial charge in [0.05, 0.1) is 5.69 Å². The van der Waals surface area contributed by atoms with Crippen molar-refractivity contribution < 1.29 is 0 Å². The van der Waals surface area contributed by atoms with E-state index in [0.717, 1.165) is 42.3 Å². The summed E-state index contributed by atoms with van der Waals surface area (Å²) in [6.45, 7) is 3.88. The van der Waals surface area contributed by atoms with Crippen molar-refractivity contribution in [3.05, 3.63) is 60.4 Å². The molecule has 0 saturated heterocycles. The number of aryl methyl sites for hydroxylation is 1. The first-order valence-electron chi connectivity index (χ1n) is 8.77. The smallest absolute Gasteiger partial charge is 0.227 e. The molecule has 6 nitrogen and oxygen atoms in total. The lowest BCUT2D eigenvalue weighted by molar-refractivity contribution is 0.747. The van der Waals surface area contributed by atoms with E-state index in [2.05, 4.69) is 50.0 Å². The van der Waals surface area contributed by atoms with E-state index < -0.39 is 0 Å². The molecule has 0 aliphatic heterocycles. The van der Waals surface area contributed by atoms with Gasteiger partial charge in [-0.2, -0.15) is 0 Å². The molecule has 0 spiro atoms. The lowest BCUT2D eigenvalue weighted by Gasteiger charge is -2.11. The van der Waals surface area contributed by atoms with Crippen LogP contribution in [0.3, 0.4) is 0 Å². The second kappa shape index (κ2) is 8.92. The average molecular weight is 348 g/mol. The quantitative estimate of drug-likeness (QED) is 0.540. The predicted octanol–water partition coefficient (Wildman–Crippen LogP) is 3.61. The Kier molecular flexibility index (Phi) is 6.11. The van der Waals surface area contributed by atoms with Crippen molar-refractivity contribution in [3.8, 4) is 11.3 Å². The molecule has 0 fully saturated rings. The van der Waals surface area contributed by atoms with Crippen LogP contribution in [-0.4, -0.2) is 35.1 Å². The second-order valence-corrected chi connectivity index (χ2v) is 6.04. The van der Waals surface area contributed by atoms with Crippen LogP contribution in [0.15, 0.2) is 54.9 Å². The van der Waals surface area contributed by atoms with Crippen LogP contribution in [0, 0.1) is 6.92 Å². The van der Waals surface area contributed by atoms with Crippen molar-refractivity contribution >= 4 is 17.5 Å². The molecule has 3 N–H and O–H groups in total. The van der Waals surface area contributed by atoms with Gasteiger partial charge in [0, 0.05) is 30.2 Å². The number of benzene rings is 1. The summed E-state index contributed by atoms with van der Waals surface area (Å²) in [6, 6.07) is 14.0. The van der Waals surface area contributed by atoms with E-state index in [1.165, 1.54) is 5.56 Å². The van der Waals surface area contributed by atoms with Crippen LogP contribution in [0.25, 0.3) is 11.3 Å². The molecule has 26 heavy (non-hydrogen) atoms. The Bertz CT molecular complexity index is 849. The Morgan fingerprint density at radius 3 is 2.73 bits per heavy atom. The summed E-state index contributed by atoms with van der Waals surface area (Å²) in [5.41, 5.74) is 3.95. The van der Waals surface area contributed by atoms with E-state index in [9.17, 15) is 0 Å². The fourth-order valence-electron chi connectivity index (χ4n) is 2.65. The Balaban J connectivity index is 1.79. The number of nitrogens with one attached hydrogen (secondary N) is 3. The van der Waals surface area contributed by atoms with E-state index in [1.807, 2.05) is 37.4 Å². The van der Waals surface area contributed by atoms with Crippen LogP contribution in [0.5, 0.6) is 0 Å². The van der Waals surface area contributed by atoms with Crippen LogP contribution in [0.4, 0.5) is 17.5 Å². The Morgan fingerprint density at radius 2 is 1.88 bits per heavy atom. The zero-order valence-corrected chi connectivity index (χ0v) is 15.2. The van der Waals surface area contributed by atoms with Gasteiger partial charge in [-0.05, 0) is 62.8 Å². The van der Waals surface area contributed by atoms with E-state index in [-0.39, 0.29) is 0 Å². The van der Waals surface area contributed by atoms with Crippen LogP contribution < -0.4 is 16.0 Å². The van der Waals surface area contributed by atoms with Crippen LogP contribution >= 0.6 is 0 Å². The van der Waals surface area contributed by atoms with E-state index in [1.54, 1.807) is 12.4 Å². The Hall–Kier alpha value is -2.99. The third kappa shape index (κ3) is 4.77. The molecule has 134 valence electrons. The van der Waals surface area contributed by atoms with Gasteiger partial charge in [0.1, 0.15) is 5.82 Å². The van der Waals surface area contributed by atoms with Crippen LogP contribution in [0.1, 0.15) is 12.0 Å². The predicted molar refractivity (Wildman–Crippen MR) is 107 cm³/mol. The van der Waals surface area contributed by atoms with Crippen molar-refractivity contribution in [3.63, 3.8) is 0 Å². The average Bonchev–Trinajstić information content (AvgIpc) is 2.66. The number of nitrogens with zero attached hydrogens (tertiary/aromatic N) is 3. The van der Waals surface area contributed by atoms with Gasteiger partial charge in [0.15, 0.2) is 0 Å².